The topological polar surface area (TPSA) is 55.4 Å². The zero-order valence-corrected chi connectivity index (χ0v) is 15.4. The Hall–Kier alpha value is -1.72. The average molecular weight is 354 g/mol. The minimum atomic E-state index is -3.71. The van der Waals surface area contributed by atoms with Crippen molar-refractivity contribution in [1.82, 2.24) is 0 Å². The van der Waals surface area contributed by atoms with Crippen molar-refractivity contribution in [2.45, 2.75) is 32.6 Å². The predicted molar refractivity (Wildman–Crippen MR) is 94.2 cm³/mol. The SMILES string of the molecule is COc1cc(C)c(S(=O)(=O)Nc2ccc(Cl)cc2C)c(C)c1C. The number of hydrogen-bond donors (Lipinski definition) is 1. The Morgan fingerprint density at radius 1 is 1.00 bits per heavy atom. The first-order chi connectivity index (χ1) is 10.7. The van der Waals surface area contributed by atoms with E-state index in [-0.39, 0.29) is 4.90 Å². The Kier molecular flexibility index (Phi) is 4.92. The van der Waals surface area contributed by atoms with Crippen LogP contribution in [0.1, 0.15) is 22.3 Å². The molecule has 124 valence electrons. The van der Waals surface area contributed by atoms with Crippen molar-refractivity contribution in [3.8, 4) is 5.75 Å². The van der Waals surface area contributed by atoms with Crippen molar-refractivity contribution >= 4 is 27.3 Å². The van der Waals surface area contributed by atoms with Gasteiger partial charge in [0.05, 0.1) is 17.7 Å². The molecular formula is C17H20ClNO3S. The van der Waals surface area contributed by atoms with Gasteiger partial charge in [0.2, 0.25) is 0 Å². The van der Waals surface area contributed by atoms with E-state index in [1.165, 1.54) is 0 Å². The Bertz CT molecular complexity index is 861. The lowest BCUT2D eigenvalue weighted by Crippen LogP contribution is -2.17. The van der Waals surface area contributed by atoms with Gasteiger partial charge in [-0.1, -0.05) is 11.6 Å². The number of aryl methyl sites for hydroxylation is 2. The predicted octanol–water partition coefficient (Wildman–Crippen LogP) is 4.38. The number of rotatable bonds is 4. The van der Waals surface area contributed by atoms with Crippen molar-refractivity contribution in [1.29, 1.82) is 0 Å². The van der Waals surface area contributed by atoms with Crippen LogP contribution in [0, 0.1) is 27.7 Å². The Morgan fingerprint density at radius 2 is 1.65 bits per heavy atom. The molecule has 23 heavy (non-hydrogen) atoms. The van der Waals surface area contributed by atoms with E-state index < -0.39 is 10.0 Å². The molecule has 2 aromatic rings. The maximum absolute atomic E-state index is 12.8. The van der Waals surface area contributed by atoms with Gasteiger partial charge in [-0.25, -0.2) is 8.42 Å². The molecule has 0 aromatic heterocycles. The molecule has 1 N–H and O–H groups in total. The average Bonchev–Trinajstić information content (AvgIpc) is 2.45. The largest absolute Gasteiger partial charge is 0.496 e. The van der Waals surface area contributed by atoms with Crippen LogP contribution in [0.15, 0.2) is 29.2 Å². The van der Waals surface area contributed by atoms with Gasteiger partial charge in [0.25, 0.3) is 10.0 Å². The lowest BCUT2D eigenvalue weighted by Gasteiger charge is -2.18. The summed E-state index contributed by atoms with van der Waals surface area (Å²) < 4.78 is 33.6. The first kappa shape index (κ1) is 17.6. The van der Waals surface area contributed by atoms with Gasteiger partial charge < -0.3 is 4.74 Å². The Morgan fingerprint density at radius 3 is 2.22 bits per heavy atom. The summed E-state index contributed by atoms with van der Waals surface area (Å²) in [6.45, 7) is 7.20. The Balaban J connectivity index is 2.54. The quantitative estimate of drug-likeness (QED) is 0.887. The molecule has 2 aromatic carbocycles. The van der Waals surface area contributed by atoms with Gasteiger partial charge in [0.1, 0.15) is 5.75 Å². The minimum absolute atomic E-state index is 0.283. The fourth-order valence-corrected chi connectivity index (χ4v) is 4.47. The van der Waals surface area contributed by atoms with Crippen LogP contribution in [0.5, 0.6) is 5.75 Å². The molecule has 0 unspecified atom stereocenters. The van der Waals surface area contributed by atoms with Crippen molar-refractivity contribution in [3.63, 3.8) is 0 Å². The van der Waals surface area contributed by atoms with E-state index in [1.807, 2.05) is 13.8 Å². The van der Waals surface area contributed by atoms with Gasteiger partial charge >= 0.3 is 0 Å². The molecule has 0 aliphatic heterocycles. The van der Waals surface area contributed by atoms with Gasteiger partial charge in [-0.15, -0.1) is 0 Å². The number of anilines is 1. The van der Waals surface area contributed by atoms with E-state index in [0.29, 0.717) is 27.6 Å². The van der Waals surface area contributed by atoms with Crippen molar-refractivity contribution < 1.29 is 13.2 Å². The molecule has 0 aliphatic carbocycles. The highest BCUT2D eigenvalue weighted by Gasteiger charge is 2.23. The van der Waals surface area contributed by atoms with Crippen LogP contribution in [0.3, 0.4) is 0 Å². The number of hydrogen-bond acceptors (Lipinski definition) is 3. The fourth-order valence-electron chi connectivity index (χ4n) is 2.58. The molecule has 0 spiro atoms. The highest BCUT2D eigenvalue weighted by molar-refractivity contribution is 7.92. The van der Waals surface area contributed by atoms with Crippen LogP contribution in [-0.2, 0) is 10.0 Å². The summed E-state index contributed by atoms with van der Waals surface area (Å²) >= 11 is 5.92. The molecular weight excluding hydrogens is 334 g/mol. The summed E-state index contributed by atoms with van der Waals surface area (Å²) in [6.07, 6.45) is 0. The molecule has 6 heteroatoms. The third-order valence-electron chi connectivity index (χ3n) is 3.90. The number of benzene rings is 2. The van der Waals surface area contributed by atoms with E-state index in [2.05, 4.69) is 4.72 Å². The lowest BCUT2D eigenvalue weighted by atomic mass is 10.1. The molecule has 4 nitrogen and oxygen atoms in total. The van der Waals surface area contributed by atoms with Crippen LogP contribution in [-0.4, -0.2) is 15.5 Å². The van der Waals surface area contributed by atoms with Crippen molar-refractivity contribution in [2.75, 3.05) is 11.8 Å². The lowest BCUT2D eigenvalue weighted by molar-refractivity contribution is 0.410. The Labute approximate surface area is 142 Å². The summed E-state index contributed by atoms with van der Waals surface area (Å²) in [6, 6.07) is 6.78. The number of sulfonamides is 1. The van der Waals surface area contributed by atoms with Gasteiger partial charge in [-0.05, 0) is 74.2 Å². The van der Waals surface area contributed by atoms with E-state index in [4.69, 9.17) is 16.3 Å². The van der Waals surface area contributed by atoms with Crippen LogP contribution >= 0.6 is 11.6 Å². The molecule has 0 atom stereocenters. The molecule has 2 rings (SSSR count). The van der Waals surface area contributed by atoms with Crippen LogP contribution < -0.4 is 9.46 Å². The zero-order valence-electron chi connectivity index (χ0n) is 13.8. The zero-order chi connectivity index (χ0) is 17.4. The van der Waals surface area contributed by atoms with E-state index in [9.17, 15) is 8.42 Å². The summed E-state index contributed by atoms with van der Waals surface area (Å²) in [5.41, 5.74) is 3.42. The molecule has 0 fully saturated rings. The van der Waals surface area contributed by atoms with E-state index in [1.54, 1.807) is 45.2 Å². The van der Waals surface area contributed by atoms with Gasteiger partial charge in [-0.3, -0.25) is 4.72 Å². The highest BCUT2D eigenvalue weighted by atomic mass is 35.5. The number of halogens is 1. The molecule has 0 radical (unpaired) electrons. The van der Waals surface area contributed by atoms with Crippen LogP contribution in [0.4, 0.5) is 5.69 Å². The first-order valence-corrected chi connectivity index (χ1v) is 8.97. The summed E-state index contributed by atoms with van der Waals surface area (Å²) in [5, 5.41) is 0.568. The molecule has 0 bridgehead atoms. The molecule has 0 amide bonds. The smallest absolute Gasteiger partial charge is 0.262 e. The first-order valence-electron chi connectivity index (χ1n) is 7.11. The second-order valence-corrected chi connectivity index (χ2v) is 7.60. The second-order valence-electron chi connectivity index (χ2n) is 5.54. The monoisotopic (exact) mass is 353 g/mol. The molecule has 0 saturated carbocycles. The van der Waals surface area contributed by atoms with Gasteiger partial charge in [-0.2, -0.15) is 0 Å². The standard InChI is InChI=1S/C17H20ClNO3S/c1-10-8-14(18)6-7-15(10)19-23(20,21)17-11(2)9-16(22-5)12(3)13(17)4/h6-9,19H,1-5H3. The second kappa shape index (κ2) is 6.42. The summed E-state index contributed by atoms with van der Waals surface area (Å²) in [5.74, 6) is 0.682. The van der Waals surface area contributed by atoms with Gasteiger partial charge in [0.15, 0.2) is 0 Å². The van der Waals surface area contributed by atoms with Crippen molar-refractivity contribution in [3.05, 3.63) is 51.5 Å². The number of methoxy groups -OCH3 is 1. The molecule has 0 heterocycles. The van der Waals surface area contributed by atoms with Gasteiger partial charge in [0, 0.05) is 5.02 Å². The van der Waals surface area contributed by atoms with E-state index >= 15 is 0 Å². The minimum Gasteiger partial charge on any atom is -0.496 e. The maximum Gasteiger partial charge on any atom is 0.262 e. The normalized spacial score (nSPS) is 11.4. The maximum atomic E-state index is 12.8. The van der Waals surface area contributed by atoms with E-state index in [0.717, 1.165) is 11.1 Å². The highest BCUT2D eigenvalue weighted by Crippen LogP contribution is 2.32. The van der Waals surface area contributed by atoms with Crippen LogP contribution in [0.25, 0.3) is 0 Å². The fraction of sp³-hybridized carbons (Fsp3) is 0.294. The third kappa shape index (κ3) is 3.46. The number of ether oxygens (including phenoxy) is 1. The third-order valence-corrected chi connectivity index (χ3v) is 5.79. The number of nitrogens with one attached hydrogen (secondary N) is 1. The molecule has 0 saturated heterocycles. The van der Waals surface area contributed by atoms with Crippen molar-refractivity contribution in [2.24, 2.45) is 0 Å². The molecule has 0 aliphatic rings. The summed E-state index contributed by atoms with van der Waals surface area (Å²) in [7, 11) is -2.13. The van der Waals surface area contributed by atoms with Crippen LogP contribution in [0.2, 0.25) is 5.02 Å². The summed E-state index contributed by atoms with van der Waals surface area (Å²) in [4.78, 5) is 0.283.